The van der Waals surface area contributed by atoms with Gasteiger partial charge in [-0.05, 0) is 101 Å². The van der Waals surface area contributed by atoms with Crippen LogP contribution in [0.5, 0.6) is 0 Å². The van der Waals surface area contributed by atoms with Crippen molar-refractivity contribution in [2.75, 3.05) is 0 Å². The van der Waals surface area contributed by atoms with Crippen LogP contribution >= 0.6 is 11.3 Å². The Morgan fingerprint density at radius 2 is 1.48 bits per heavy atom. The molecule has 0 spiro atoms. The van der Waals surface area contributed by atoms with Crippen molar-refractivity contribution >= 4 is 56.8 Å². The number of nitrogens with zero attached hydrogens (tertiary/aromatic N) is 4. The fourth-order valence-electron chi connectivity index (χ4n) is 7.97. The molecule has 7 heteroatoms. The molecule has 4 aromatic heterocycles. The molecule has 58 heavy (non-hydrogen) atoms. The smallest absolute Gasteiger partial charge is 0.0798 e. The van der Waals surface area contributed by atoms with Gasteiger partial charge in [-0.2, -0.15) is 0 Å². The molecule has 0 fully saturated rings. The van der Waals surface area contributed by atoms with Crippen molar-refractivity contribution < 1.29 is 20.1 Å². The van der Waals surface area contributed by atoms with Gasteiger partial charge in [0.2, 0.25) is 0 Å². The molecule has 0 saturated heterocycles. The molecule has 9 rings (SSSR count). The fraction of sp³-hybridized carbons (Fsp3) is 0.196. The van der Waals surface area contributed by atoms with E-state index in [2.05, 4.69) is 179 Å². The van der Waals surface area contributed by atoms with E-state index in [-0.39, 0.29) is 20.1 Å². The first-order chi connectivity index (χ1) is 27.5. The second kappa shape index (κ2) is 17.0. The van der Waals surface area contributed by atoms with Crippen molar-refractivity contribution in [1.29, 1.82) is 0 Å². The number of aromatic nitrogens is 4. The molecular weight excluding hydrogens is 921 g/mol. The van der Waals surface area contributed by atoms with Crippen molar-refractivity contribution in [3.8, 4) is 39.5 Å². The number of imidazole rings is 1. The first-order valence-electron chi connectivity index (χ1n) is 19.8. The van der Waals surface area contributed by atoms with Crippen LogP contribution in [0.2, 0.25) is 19.6 Å². The molecule has 0 aliphatic heterocycles. The number of aryl methyl sites for hydroxylation is 3. The molecule has 0 amide bonds. The summed E-state index contributed by atoms with van der Waals surface area (Å²) < 4.78 is 2.28. The van der Waals surface area contributed by atoms with Gasteiger partial charge >= 0.3 is 0 Å². The molecule has 0 aliphatic rings. The molecule has 1 radical (unpaired) electrons. The minimum atomic E-state index is -1.34. The van der Waals surface area contributed by atoms with E-state index in [1.807, 2.05) is 24.3 Å². The van der Waals surface area contributed by atoms with Gasteiger partial charge in [-0.15, -0.1) is 41.3 Å². The van der Waals surface area contributed by atoms with E-state index in [0.717, 1.165) is 66.9 Å². The van der Waals surface area contributed by atoms with Crippen molar-refractivity contribution in [2.24, 2.45) is 5.92 Å². The zero-order chi connectivity index (χ0) is 39.8. The third kappa shape index (κ3) is 8.28. The Kier molecular flexibility index (Phi) is 12.1. The van der Waals surface area contributed by atoms with Crippen LogP contribution in [0.4, 0.5) is 0 Å². The standard InChI is InChI=1S/C33H24N3S.C18H24NSi.Ir/c1-20-10-9-13-24-18-26-27(19-37-33(26)35-31(20)24)32-34-28-14-7-8-15-29(28)36(32)25-16-21(2)30(22(3)17-25)23-11-5-4-6-12-23;1-14(2)11-16-12-17(15-9-7-6-8-10-15)19-13-18(16)20(3,4)5;/h4-18H,1-3H3;6-9,12-14H,11H2,1-5H3;/q2*-1;. The van der Waals surface area contributed by atoms with Crippen LogP contribution in [0.1, 0.15) is 36.1 Å². The average Bonchev–Trinajstić information content (AvgIpc) is 3.78. The number of fused-ring (bicyclic) bond motifs is 3. The van der Waals surface area contributed by atoms with Gasteiger partial charge < -0.3 is 9.55 Å². The van der Waals surface area contributed by atoms with Crippen LogP contribution in [0.15, 0.2) is 128 Å². The third-order valence-corrected chi connectivity index (χ3v) is 13.4. The maximum atomic E-state index is 5.13. The molecule has 0 N–H and O–H groups in total. The molecule has 4 nitrogen and oxygen atoms in total. The van der Waals surface area contributed by atoms with Gasteiger partial charge in [0.25, 0.3) is 0 Å². The Balaban J connectivity index is 0.000000208. The van der Waals surface area contributed by atoms with E-state index < -0.39 is 8.07 Å². The number of para-hydroxylation sites is 3. The molecule has 293 valence electrons. The molecule has 0 atom stereocenters. The molecule has 4 heterocycles. The van der Waals surface area contributed by atoms with E-state index in [1.54, 1.807) is 11.3 Å². The van der Waals surface area contributed by atoms with Crippen LogP contribution in [0.25, 0.3) is 71.6 Å². The Bertz CT molecular complexity index is 2850. The Hall–Kier alpha value is -5.04. The zero-order valence-corrected chi connectivity index (χ0v) is 38.7. The van der Waals surface area contributed by atoms with Crippen molar-refractivity contribution in [3.63, 3.8) is 0 Å². The second-order valence-electron chi connectivity index (χ2n) is 16.5. The molecular formula is C51H48IrN4SSi-2. The van der Waals surface area contributed by atoms with Crippen LogP contribution in [0, 0.1) is 38.1 Å². The van der Waals surface area contributed by atoms with Gasteiger partial charge in [-0.25, -0.2) is 11.3 Å². The van der Waals surface area contributed by atoms with Crippen LogP contribution in [-0.4, -0.2) is 27.6 Å². The van der Waals surface area contributed by atoms with E-state index in [9.17, 15) is 0 Å². The summed E-state index contributed by atoms with van der Waals surface area (Å²) >= 11 is 1.56. The monoisotopic (exact) mass is 969 g/mol. The van der Waals surface area contributed by atoms with Gasteiger partial charge in [0.15, 0.2) is 0 Å². The summed E-state index contributed by atoms with van der Waals surface area (Å²) in [6, 6.07) is 45.7. The minimum absolute atomic E-state index is 0. The summed E-state index contributed by atoms with van der Waals surface area (Å²) in [7, 11) is -1.34. The number of hydrogen-bond acceptors (Lipinski definition) is 4. The molecule has 9 aromatic rings. The van der Waals surface area contributed by atoms with Crippen LogP contribution < -0.4 is 5.19 Å². The van der Waals surface area contributed by atoms with Crippen LogP contribution in [0.3, 0.4) is 0 Å². The summed E-state index contributed by atoms with van der Waals surface area (Å²) in [6.07, 6.45) is 3.24. The zero-order valence-electron chi connectivity index (χ0n) is 34.4. The maximum Gasteiger partial charge on any atom is 0.0798 e. The molecule has 0 unspecified atom stereocenters. The topological polar surface area (TPSA) is 43.6 Å². The normalized spacial score (nSPS) is 11.5. The van der Waals surface area contributed by atoms with Gasteiger partial charge in [0.05, 0.1) is 30.4 Å². The van der Waals surface area contributed by atoms with Crippen molar-refractivity contribution in [2.45, 2.75) is 60.7 Å². The molecule has 0 aliphatic carbocycles. The first kappa shape index (κ1) is 41.1. The van der Waals surface area contributed by atoms with E-state index in [4.69, 9.17) is 9.97 Å². The Labute approximate surface area is 361 Å². The average molecular weight is 969 g/mol. The summed E-state index contributed by atoms with van der Waals surface area (Å²) in [5.41, 5.74) is 15.0. The molecule has 0 saturated carbocycles. The molecule has 0 bridgehead atoms. The molecule has 5 aromatic carbocycles. The van der Waals surface area contributed by atoms with Gasteiger partial charge in [-0.3, -0.25) is 9.97 Å². The Morgan fingerprint density at radius 3 is 2.19 bits per heavy atom. The summed E-state index contributed by atoms with van der Waals surface area (Å²) in [6.45, 7) is 18.2. The number of pyridine rings is 2. The summed E-state index contributed by atoms with van der Waals surface area (Å²) in [5, 5.41) is 7.28. The van der Waals surface area contributed by atoms with Gasteiger partial charge in [0, 0.05) is 36.8 Å². The number of rotatable bonds is 7. The maximum absolute atomic E-state index is 5.13. The van der Waals surface area contributed by atoms with Crippen molar-refractivity contribution in [3.05, 3.63) is 161 Å². The fourth-order valence-corrected chi connectivity index (χ4v) is 10.4. The third-order valence-electron chi connectivity index (χ3n) is 10.6. The van der Waals surface area contributed by atoms with E-state index in [0.29, 0.717) is 5.92 Å². The predicted octanol–water partition coefficient (Wildman–Crippen LogP) is 13.1. The largest absolute Gasteiger partial charge is 0.333 e. The summed E-state index contributed by atoms with van der Waals surface area (Å²) in [5.74, 6) is 1.56. The predicted molar refractivity (Wildman–Crippen MR) is 246 cm³/mol. The summed E-state index contributed by atoms with van der Waals surface area (Å²) in [4.78, 5) is 15.8. The van der Waals surface area contributed by atoms with Crippen molar-refractivity contribution in [1.82, 2.24) is 19.5 Å². The van der Waals surface area contributed by atoms with Gasteiger partial charge in [-0.1, -0.05) is 123 Å². The Morgan fingerprint density at radius 1 is 0.759 bits per heavy atom. The minimum Gasteiger partial charge on any atom is -0.333 e. The number of thiophene rings is 1. The van der Waals surface area contributed by atoms with E-state index >= 15 is 0 Å². The van der Waals surface area contributed by atoms with Gasteiger partial charge in [0.1, 0.15) is 0 Å². The second-order valence-corrected chi connectivity index (χ2v) is 22.3. The number of benzene rings is 5. The quantitative estimate of drug-likeness (QED) is 0.118. The number of hydrogen-bond donors (Lipinski definition) is 0. The SMILES string of the molecule is CC(C)Cc1cc(-c2[c-]cccc2)ncc1[Si](C)(C)C.Cc1cc(-n2c(-c3[c-]sc4nc5c(C)cccc5cc34)nc3ccccc32)cc(C)c1-c1ccccc1.[Ir]. The van der Waals surface area contributed by atoms with Crippen LogP contribution in [-0.2, 0) is 26.5 Å². The first-order valence-corrected chi connectivity index (χ1v) is 24.1. The van der Waals surface area contributed by atoms with E-state index in [1.165, 1.54) is 38.6 Å².